The molecular weight excluding hydrogens is 955 g/mol. The number of amides is 2. The summed E-state index contributed by atoms with van der Waals surface area (Å²) in [6, 6.07) is 0. The van der Waals surface area contributed by atoms with E-state index in [1.807, 2.05) is 0 Å². The SMILES string of the molecule is C.CCCCCCCCCCCCCCCC(=O)NCC1CCC(C(=O)O)CC1.CCNCC1CCC(C)CC1.COC(=O)CCC(=O)CCC1CCC(C)CC1.COCC(O)CCCC(=O)NCC1CCC(C)CC1. The van der Waals surface area contributed by atoms with Crippen LogP contribution in [0.1, 0.15) is 280 Å². The molecule has 0 aromatic heterocycles. The summed E-state index contributed by atoms with van der Waals surface area (Å²) in [6.45, 7) is 15.7. The zero-order chi connectivity index (χ0) is 55.3. The number of aliphatic hydroxyl groups excluding tert-OH is 1. The number of Topliss-reactive ketones (excluding diaryl/α,β-unsaturated/α-hetero) is 1. The summed E-state index contributed by atoms with van der Waals surface area (Å²) >= 11 is 0. The Morgan fingerprint density at radius 2 is 0.908 bits per heavy atom. The predicted molar refractivity (Wildman–Crippen MR) is 315 cm³/mol. The number of hydrogen-bond donors (Lipinski definition) is 5. The minimum absolute atomic E-state index is 0. The molecule has 0 bridgehead atoms. The Balaban J connectivity index is 0.00000103. The van der Waals surface area contributed by atoms with Crippen LogP contribution in [0.2, 0.25) is 0 Å². The number of methoxy groups -OCH3 is 2. The first-order chi connectivity index (χ1) is 36.2. The third kappa shape index (κ3) is 42.4. The van der Waals surface area contributed by atoms with Crippen LogP contribution in [-0.4, -0.2) is 92.9 Å². The number of unbranched alkanes of at least 4 members (excludes halogenated alkanes) is 12. The fraction of sp³-hybridized carbons (Fsp3) is 0.922. The van der Waals surface area contributed by atoms with E-state index in [2.05, 4.69) is 55.3 Å². The molecule has 4 saturated carbocycles. The number of rotatable bonds is 34. The van der Waals surface area contributed by atoms with Gasteiger partial charge in [-0.1, -0.05) is 170 Å². The second kappa shape index (κ2) is 49.5. The average Bonchev–Trinajstić information content (AvgIpc) is 3.41. The van der Waals surface area contributed by atoms with Crippen LogP contribution in [0, 0.1) is 47.3 Å². The highest BCUT2D eigenvalue weighted by Gasteiger charge is 2.26. The number of ketones is 1. The van der Waals surface area contributed by atoms with Crippen molar-refractivity contribution in [1.82, 2.24) is 16.0 Å². The van der Waals surface area contributed by atoms with Crippen LogP contribution in [-0.2, 0) is 33.4 Å². The van der Waals surface area contributed by atoms with Gasteiger partial charge in [-0.15, -0.1) is 0 Å². The number of carbonyl (C=O) groups is 5. The van der Waals surface area contributed by atoms with Crippen molar-refractivity contribution in [3.8, 4) is 0 Å². The molecule has 5 N–H and O–H groups in total. The monoisotopic (exact) mass is 1080 g/mol. The first-order valence-electron chi connectivity index (χ1n) is 31.4. The highest BCUT2D eigenvalue weighted by molar-refractivity contribution is 5.82. The molecule has 0 aromatic carbocycles. The molecule has 4 aliphatic carbocycles. The third-order valence-corrected chi connectivity index (χ3v) is 16.9. The van der Waals surface area contributed by atoms with Crippen LogP contribution in [0.4, 0.5) is 0 Å². The van der Waals surface area contributed by atoms with Gasteiger partial charge >= 0.3 is 11.9 Å². The van der Waals surface area contributed by atoms with Crippen LogP contribution in [0.3, 0.4) is 0 Å². The Labute approximate surface area is 467 Å². The summed E-state index contributed by atoms with van der Waals surface area (Å²) in [6.07, 6.45) is 40.9. The lowest BCUT2D eigenvalue weighted by Crippen LogP contribution is -2.32. The normalized spacial score (nSPS) is 23.5. The standard InChI is InChI=1S/C24H45NO3.C15H29NO3.C14H24O3.C10H21N.CH4/c1-2-3-4-5-6-7-8-9-10-11-12-13-14-15-23(26)25-20-21-16-18-22(19-17-21)24(27)28;1-12-6-8-13(9-7-12)10-16-15(18)5-3-4-14(17)11-19-2;1-11-3-5-12(6-4-11)7-8-13(15)9-10-14(16)17-2;1-3-11-8-10-6-4-9(2)5-7-10;/h21-22H,2-20H2,1H3,(H,25,26)(H,27,28);12-14,17H,3-11H2,1-2H3,(H,16,18);11-12H,3-10H2,1-2H3;9-11H,3-8H2,1-2H3;1H4. The van der Waals surface area contributed by atoms with Gasteiger partial charge in [0.05, 0.1) is 32.2 Å². The van der Waals surface area contributed by atoms with Crippen molar-refractivity contribution in [2.75, 3.05) is 47.0 Å². The maximum Gasteiger partial charge on any atom is 0.306 e. The van der Waals surface area contributed by atoms with Gasteiger partial charge in [-0.25, -0.2) is 0 Å². The van der Waals surface area contributed by atoms with Crippen molar-refractivity contribution < 1.29 is 43.7 Å². The molecule has 0 aliphatic heterocycles. The van der Waals surface area contributed by atoms with Crippen LogP contribution in [0.5, 0.6) is 0 Å². The van der Waals surface area contributed by atoms with Crippen LogP contribution in [0.15, 0.2) is 0 Å². The number of aliphatic hydroxyl groups is 1. The molecule has 4 fully saturated rings. The van der Waals surface area contributed by atoms with E-state index in [-0.39, 0.29) is 43.3 Å². The summed E-state index contributed by atoms with van der Waals surface area (Å²) in [5.41, 5.74) is 0. The molecule has 0 spiro atoms. The van der Waals surface area contributed by atoms with Crippen LogP contribution >= 0.6 is 0 Å². The number of carboxylic acids is 1. The lowest BCUT2D eigenvalue weighted by molar-refractivity contribution is -0.143. The molecule has 1 unspecified atom stereocenters. The summed E-state index contributed by atoms with van der Waals surface area (Å²) in [4.78, 5) is 57.0. The van der Waals surface area contributed by atoms with Gasteiger partial charge in [-0.3, -0.25) is 24.0 Å². The van der Waals surface area contributed by atoms with Gasteiger partial charge in [0.25, 0.3) is 0 Å². The average molecular weight is 1080 g/mol. The van der Waals surface area contributed by atoms with E-state index in [9.17, 15) is 29.1 Å². The second-order valence-corrected chi connectivity index (χ2v) is 24.0. The first-order valence-corrected chi connectivity index (χ1v) is 31.4. The summed E-state index contributed by atoms with van der Waals surface area (Å²) in [5.74, 6) is 4.92. The highest BCUT2D eigenvalue weighted by atomic mass is 16.5. The summed E-state index contributed by atoms with van der Waals surface area (Å²) in [7, 11) is 2.93. The molecule has 2 amide bonds. The largest absolute Gasteiger partial charge is 0.481 e. The molecule has 76 heavy (non-hydrogen) atoms. The number of esters is 1. The maximum absolute atomic E-state index is 12.0. The van der Waals surface area contributed by atoms with E-state index in [1.54, 1.807) is 7.11 Å². The summed E-state index contributed by atoms with van der Waals surface area (Å²) in [5, 5.41) is 28.0. The van der Waals surface area contributed by atoms with Crippen molar-refractivity contribution in [2.24, 2.45) is 47.3 Å². The van der Waals surface area contributed by atoms with Crippen LogP contribution in [0.25, 0.3) is 0 Å². The van der Waals surface area contributed by atoms with Gasteiger partial charge in [-0.05, 0) is 132 Å². The third-order valence-electron chi connectivity index (χ3n) is 16.9. The first kappa shape index (κ1) is 73.4. The smallest absolute Gasteiger partial charge is 0.306 e. The molecule has 0 radical (unpaired) electrons. The van der Waals surface area contributed by atoms with E-state index in [4.69, 9.17) is 9.84 Å². The number of carbonyl (C=O) groups excluding carboxylic acids is 4. The molecule has 4 rings (SSSR count). The maximum atomic E-state index is 12.0. The minimum Gasteiger partial charge on any atom is -0.481 e. The zero-order valence-electron chi connectivity index (χ0n) is 49.6. The molecule has 4 aliphatic rings. The van der Waals surface area contributed by atoms with Crippen molar-refractivity contribution in [1.29, 1.82) is 0 Å². The Morgan fingerprint density at radius 3 is 1.33 bits per heavy atom. The fourth-order valence-electron chi connectivity index (χ4n) is 11.3. The molecule has 1 atom stereocenters. The number of aliphatic carboxylic acids is 1. The number of hydrogen-bond acceptors (Lipinski definition) is 9. The van der Waals surface area contributed by atoms with Gasteiger partial charge in [0.2, 0.25) is 11.8 Å². The molecule has 12 nitrogen and oxygen atoms in total. The Bertz CT molecular complexity index is 1400. The Morgan fingerprint density at radius 1 is 0.500 bits per heavy atom. The van der Waals surface area contributed by atoms with Gasteiger partial charge in [-0.2, -0.15) is 0 Å². The quantitative estimate of drug-likeness (QED) is 0.0307. The zero-order valence-corrected chi connectivity index (χ0v) is 49.6. The van der Waals surface area contributed by atoms with Gasteiger partial charge < -0.3 is 35.6 Å². The van der Waals surface area contributed by atoms with Gasteiger partial charge in [0.15, 0.2) is 0 Å². The lowest BCUT2D eigenvalue weighted by Gasteiger charge is -2.26. The van der Waals surface area contributed by atoms with Crippen molar-refractivity contribution >= 4 is 29.5 Å². The topological polar surface area (TPSA) is 180 Å². The Kier molecular flexibility index (Phi) is 47.8. The highest BCUT2D eigenvalue weighted by Crippen LogP contribution is 2.32. The van der Waals surface area contributed by atoms with E-state index < -0.39 is 12.1 Å². The van der Waals surface area contributed by atoms with E-state index in [0.717, 1.165) is 101 Å². The summed E-state index contributed by atoms with van der Waals surface area (Å²) < 4.78 is 9.36. The Hall–Kier alpha value is -2.57. The number of nitrogens with one attached hydrogen (secondary N) is 3. The minimum atomic E-state index is -0.662. The van der Waals surface area contributed by atoms with E-state index in [0.29, 0.717) is 50.5 Å². The van der Waals surface area contributed by atoms with Crippen molar-refractivity contribution in [3.05, 3.63) is 0 Å². The molecule has 0 aromatic rings. The number of ether oxygens (including phenoxy) is 2. The fourth-order valence-corrected chi connectivity index (χ4v) is 11.3. The lowest BCUT2D eigenvalue weighted by atomic mass is 9.80. The number of carboxylic acid groups (broad SMARTS) is 1. The van der Waals surface area contributed by atoms with Crippen LogP contribution < -0.4 is 16.0 Å². The van der Waals surface area contributed by atoms with E-state index >= 15 is 0 Å². The predicted octanol–water partition coefficient (Wildman–Crippen LogP) is 14.8. The molecule has 12 heteroatoms. The molecule has 0 saturated heterocycles. The van der Waals surface area contributed by atoms with Gasteiger partial charge in [0, 0.05) is 45.9 Å². The molecular formula is C64H123N3O9. The molecule has 0 heterocycles. The van der Waals surface area contributed by atoms with Crippen molar-refractivity contribution in [3.63, 3.8) is 0 Å². The second-order valence-electron chi connectivity index (χ2n) is 24.0. The van der Waals surface area contributed by atoms with Crippen molar-refractivity contribution in [2.45, 2.75) is 286 Å². The molecule has 448 valence electrons. The van der Waals surface area contributed by atoms with Gasteiger partial charge in [0.1, 0.15) is 5.78 Å². The van der Waals surface area contributed by atoms with E-state index in [1.165, 1.54) is 161 Å².